The van der Waals surface area contributed by atoms with Crippen LogP contribution >= 0.6 is 0 Å². The molecule has 130 valence electrons. The van der Waals surface area contributed by atoms with Gasteiger partial charge in [-0.25, -0.2) is 0 Å². The molecule has 1 amide bonds. The fourth-order valence-corrected chi connectivity index (χ4v) is 2.78. The topological polar surface area (TPSA) is 87.9 Å². The van der Waals surface area contributed by atoms with Gasteiger partial charge in [0.05, 0.1) is 6.42 Å². The summed E-state index contributed by atoms with van der Waals surface area (Å²) < 4.78 is 42.4. The third-order valence-electron chi connectivity index (χ3n) is 3.84. The molecule has 0 aliphatic carbocycles. The van der Waals surface area contributed by atoms with Crippen LogP contribution in [0.3, 0.4) is 0 Å². The van der Waals surface area contributed by atoms with Gasteiger partial charge in [-0.1, -0.05) is 0 Å². The van der Waals surface area contributed by atoms with Crippen LogP contribution in [0.4, 0.5) is 13.2 Å². The van der Waals surface area contributed by atoms with Gasteiger partial charge >= 0.3 is 6.18 Å². The van der Waals surface area contributed by atoms with E-state index in [1.807, 2.05) is 0 Å². The molecule has 3 heterocycles. The fraction of sp³-hybridized carbons (Fsp3) is 0.571. The Hall–Kier alpha value is -2.39. The highest BCUT2D eigenvalue weighted by Gasteiger charge is 2.35. The second-order valence-electron chi connectivity index (χ2n) is 5.68. The third kappa shape index (κ3) is 3.92. The molecular formula is C14H16F3N5O2. The first-order valence-corrected chi connectivity index (χ1v) is 7.59. The number of nitrogens with zero attached hydrogens (tertiary/aromatic N) is 4. The zero-order valence-electron chi connectivity index (χ0n) is 12.7. The molecule has 7 nitrogen and oxygen atoms in total. The maximum Gasteiger partial charge on any atom is 0.397 e. The lowest BCUT2D eigenvalue weighted by molar-refractivity contribution is -0.136. The van der Waals surface area contributed by atoms with Gasteiger partial charge in [0.25, 0.3) is 0 Å². The van der Waals surface area contributed by atoms with Gasteiger partial charge < -0.3 is 9.32 Å². The molecule has 0 spiro atoms. The van der Waals surface area contributed by atoms with Gasteiger partial charge in [-0.2, -0.15) is 18.3 Å². The maximum absolute atomic E-state index is 12.5. The van der Waals surface area contributed by atoms with Crippen molar-refractivity contribution in [3.05, 3.63) is 29.7 Å². The minimum Gasteiger partial charge on any atom is -0.423 e. The number of amides is 1. The first-order chi connectivity index (χ1) is 11.4. The summed E-state index contributed by atoms with van der Waals surface area (Å²) in [4.78, 5) is 14.1. The van der Waals surface area contributed by atoms with Gasteiger partial charge in [0.1, 0.15) is 12.5 Å². The number of halogens is 3. The average molecular weight is 343 g/mol. The summed E-state index contributed by atoms with van der Waals surface area (Å²) in [6, 6.07) is 1.22. The summed E-state index contributed by atoms with van der Waals surface area (Å²) in [5.74, 6) is -0.574. The van der Waals surface area contributed by atoms with Crippen LogP contribution in [0.2, 0.25) is 0 Å². The summed E-state index contributed by atoms with van der Waals surface area (Å²) in [6.45, 7) is 0.509. The molecule has 1 unspecified atom stereocenters. The van der Waals surface area contributed by atoms with E-state index < -0.39 is 24.5 Å². The van der Waals surface area contributed by atoms with E-state index in [0.717, 1.165) is 12.8 Å². The zero-order valence-corrected chi connectivity index (χ0v) is 12.7. The minimum absolute atomic E-state index is 0.0620. The van der Waals surface area contributed by atoms with E-state index in [1.54, 1.807) is 17.2 Å². The second-order valence-corrected chi connectivity index (χ2v) is 5.68. The Labute approximate surface area is 135 Å². The standard InChI is InChI=1S/C14H16F3N5O2/c15-14(16,17)8-11-20-21-13(24-11)10-3-1-2-6-22(10)12(23)7-9-4-5-18-19-9/h4-5,10H,1-3,6-8H2,(H,18,19). The quantitative estimate of drug-likeness (QED) is 0.919. The van der Waals surface area contributed by atoms with Gasteiger partial charge in [0.15, 0.2) is 0 Å². The van der Waals surface area contributed by atoms with Crippen LogP contribution in [0, 0.1) is 0 Å². The Morgan fingerprint density at radius 1 is 1.38 bits per heavy atom. The van der Waals surface area contributed by atoms with E-state index in [2.05, 4.69) is 20.4 Å². The number of alkyl halides is 3. The number of likely N-dealkylation sites (tertiary alicyclic amines) is 1. The number of nitrogens with one attached hydrogen (secondary N) is 1. The number of rotatable bonds is 4. The highest BCUT2D eigenvalue weighted by atomic mass is 19.4. The molecule has 10 heteroatoms. The van der Waals surface area contributed by atoms with Crippen molar-refractivity contribution < 1.29 is 22.4 Å². The highest BCUT2D eigenvalue weighted by Crippen LogP contribution is 2.31. The lowest BCUT2D eigenvalue weighted by Crippen LogP contribution is -2.39. The molecule has 3 rings (SSSR count). The number of H-pyrrole nitrogens is 1. The predicted octanol–water partition coefficient (Wildman–Crippen LogP) is 2.19. The van der Waals surface area contributed by atoms with Crippen molar-refractivity contribution in [3.63, 3.8) is 0 Å². The van der Waals surface area contributed by atoms with Crippen LogP contribution in [-0.2, 0) is 17.6 Å². The molecule has 1 saturated heterocycles. The summed E-state index contributed by atoms with van der Waals surface area (Å²) in [5, 5.41) is 13.7. The smallest absolute Gasteiger partial charge is 0.397 e. The summed E-state index contributed by atoms with van der Waals surface area (Å²) in [5.41, 5.74) is 0.674. The van der Waals surface area contributed by atoms with Crippen LogP contribution < -0.4 is 0 Å². The molecule has 1 N–H and O–H groups in total. The number of piperidine rings is 1. The van der Waals surface area contributed by atoms with E-state index in [1.165, 1.54) is 0 Å². The van der Waals surface area contributed by atoms with Crippen molar-refractivity contribution in [1.29, 1.82) is 0 Å². The molecule has 0 aromatic carbocycles. The summed E-state index contributed by atoms with van der Waals surface area (Å²) >= 11 is 0. The lowest BCUT2D eigenvalue weighted by atomic mass is 10.0. The van der Waals surface area contributed by atoms with Gasteiger partial charge in [0.2, 0.25) is 17.7 Å². The van der Waals surface area contributed by atoms with E-state index in [9.17, 15) is 18.0 Å². The van der Waals surface area contributed by atoms with Crippen LogP contribution in [0.5, 0.6) is 0 Å². The first-order valence-electron chi connectivity index (χ1n) is 7.59. The molecule has 1 aliphatic heterocycles. The number of aromatic nitrogens is 4. The second kappa shape index (κ2) is 6.62. The molecule has 24 heavy (non-hydrogen) atoms. The van der Waals surface area contributed by atoms with E-state index in [4.69, 9.17) is 4.42 Å². The van der Waals surface area contributed by atoms with E-state index in [-0.39, 0.29) is 18.2 Å². The average Bonchev–Trinajstić information content (AvgIpc) is 3.17. The molecule has 1 aliphatic rings. The molecule has 0 saturated carbocycles. The molecule has 1 fully saturated rings. The summed E-state index contributed by atoms with van der Waals surface area (Å²) in [6.07, 6.45) is -1.73. The number of aromatic amines is 1. The number of carbonyl (C=O) groups is 1. The van der Waals surface area contributed by atoms with Crippen molar-refractivity contribution >= 4 is 5.91 Å². The molecule has 0 radical (unpaired) electrons. The SMILES string of the molecule is O=C(Cc1ccn[nH]1)N1CCCCC1c1nnc(CC(F)(F)F)o1. The Kier molecular flexibility index (Phi) is 4.54. The van der Waals surface area contributed by atoms with Crippen LogP contribution in [0.25, 0.3) is 0 Å². The first kappa shape index (κ1) is 16.5. The van der Waals surface area contributed by atoms with Gasteiger partial charge in [-0.05, 0) is 25.3 Å². The molecule has 0 bridgehead atoms. The maximum atomic E-state index is 12.5. The highest BCUT2D eigenvalue weighted by molar-refractivity contribution is 5.78. The van der Waals surface area contributed by atoms with Crippen molar-refractivity contribution in [3.8, 4) is 0 Å². The Balaban J connectivity index is 1.73. The van der Waals surface area contributed by atoms with Crippen molar-refractivity contribution in [1.82, 2.24) is 25.3 Å². The third-order valence-corrected chi connectivity index (χ3v) is 3.84. The van der Waals surface area contributed by atoms with Gasteiger partial charge in [-0.3, -0.25) is 9.89 Å². The number of carbonyl (C=O) groups excluding carboxylic acids is 1. The molecule has 2 aromatic rings. The van der Waals surface area contributed by atoms with Crippen LogP contribution in [0.1, 0.15) is 42.8 Å². The normalized spacial score (nSPS) is 18.8. The van der Waals surface area contributed by atoms with Crippen LogP contribution in [0.15, 0.2) is 16.7 Å². The molecule has 1 atom stereocenters. The number of hydrogen-bond donors (Lipinski definition) is 1. The Bertz CT molecular complexity index is 683. The van der Waals surface area contributed by atoms with E-state index >= 15 is 0 Å². The molecular weight excluding hydrogens is 327 g/mol. The van der Waals surface area contributed by atoms with Crippen LogP contribution in [-0.4, -0.2) is 43.9 Å². The fourth-order valence-electron chi connectivity index (χ4n) is 2.78. The monoisotopic (exact) mass is 343 g/mol. The zero-order chi connectivity index (χ0) is 17.2. The van der Waals surface area contributed by atoms with Crippen molar-refractivity contribution in [2.45, 2.75) is 44.3 Å². The number of hydrogen-bond acceptors (Lipinski definition) is 5. The minimum atomic E-state index is -4.41. The predicted molar refractivity (Wildman–Crippen MR) is 74.7 cm³/mol. The van der Waals surface area contributed by atoms with Crippen molar-refractivity contribution in [2.75, 3.05) is 6.54 Å². The summed E-state index contributed by atoms with van der Waals surface area (Å²) in [7, 11) is 0. The van der Waals surface area contributed by atoms with Gasteiger partial charge in [-0.15, -0.1) is 10.2 Å². The largest absolute Gasteiger partial charge is 0.423 e. The van der Waals surface area contributed by atoms with Crippen molar-refractivity contribution in [2.24, 2.45) is 0 Å². The Morgan fingerprint density at radius 2 is 2.21 bits per heavy atom. The van der Waals surface area contributed by atoms with E-state index in [0.29, 0.717) is 18.7 Å². The Morgan fingerprint density at radius 3 is 2.92 bits per heavy atom. The van der Waals surface area contributed by atoms with Gasteiger partial charge in [0, 0.05) is 18.4 Å². The molecule has 2 aromatic heterocycles. The lowest BCUT2D eigenvalue weighted by Gasteiger charge is -2.33.